The van der Waals surface area contributed by atoms with E-state index in [1.54, 1.807) is 18.2 Å². The number of anilines is 1. The smallest absolute Gasteiger partial charge is 0.307 e. The van der Waals surface area contributed by atoms with Crippen molar-refractivity contribution in [2.75, 3.05) is 19.5 Å². The molecule has 1 aromatic carbocycles. The Hall–Kier alpha value is -2.24. The van der Waals surface area contributed by atoms with E-state index in [1.165, 1.54) is 14.2 Å². The van der Waals surface area contributed by atoms with Crippen molar-refractivity contribution in [3.63, 3.8) is 0 Å². The van der Waals surface area contributed by atoms with E-state index in [0.717, 1.165) is 6.42 Å². The molecule has 114 valence electrons. The minimum Gasteiger partial charge on any atom is -0.497 e. The lowest BCUT2D eigenvalue weighted by atomic mass is 9.95. The number of aliphatic carboxylic acids is 1. The number of carboxylic acids is 1. The largest absolute Gasteiger partial charge is 0.497 e. The first-order valence-electron chi connectivity index (χ1n) is 6.82. The number of carboxylic acid groups (broad SMARTS) is 1. The van der Waals surface area contributed by atoms with Crippen molar-refractivity contribution >= 4 is 17.6 Å². The van der Waals surface area contributed by atoms with Crippen LogP contribution in [-0.2, 0) is 9.59 Å². The molecule has 0 bridgehead atoms. The highest BCUT2D eigenvalue weighted by molar-refractivity contribution is 5.95. The van der Waals surface area contributed by atoms with Gasteiger partial charge in [-0.15, -0.1) is 0 Å². The quantitative estimate of drug-likeness (QED) is 0.869. The molecule has 0 heterocycles. The third kappa shape index (κ3) is 3.45. The molecular formula is C15H19NO5. The average Bonchev–Trinajstić information content (AvgIpc) is 2.96. The molecule has 2 unspecified atom stereocenters. The van der Waals surface area contributed by atoms with E-state index >= 15 is 0 Å². The van der Waals surface area contributed by atoms with Gasteiger partial charge in [0.1, 0.15) is 11.5 Å². The van der Waals surface area contributed by atoms with Gasteiger partial charge in [0, 0.05) is 23.9 Å². The van der Waals surface area contributed by atoms with Crippen LogP contribution in [0.15, 0.2) is 18.2 Å². The molecule has 0 radical (unpaired) electrons. The van der Waals surface area contributed by atoms with Crippen LogP contribution in [0.3, 0.4) is 0 Å². The molecule has 1 aliphatic rings. The third-order valence-corrected chi connectivity index (χ3v) is 3.79. The second-order valence-electron chi connectivity index (χ2n) is 5.07. The van der Waals surface area contributed by atoms with Crippen molar-refractivity contribution in [3.8, 4) is 11.5 Å². The van der Waals surface area contributed by atoms with Crippen LogP contribution in [0.4, 0.5) is 5.69 Å². The lowest BCUT2D eigenvalue weighted by Crippen LogP contribution is -2.30. The number of ether oxygens (including phenoxy) is 2. The maximum absolute atomic E-state index is 12.3. The number of carbonyl (C=O) groups is 2. The van der Waals surface area contributed by atoms with Gasteiger partial charge in [0.2, 0.25) is 5.91 Å². The topological polar surface area (TPSA) is 84.9 Å². The zero-order valence-electron chi connectivity index (χ0n) is 12.1. The van der Waals surface area contributed by atoms with E-state index in [1.807, 2.05) is 0 Å². The fourth-order valence-electron chi connectivity index (χ4n) is 2.68. The van der Waals surface area contributed by atoms with Crippen molar-refractivity contribution in [3.05, 3.63) is 18.2 Å². The Bertz CT molecular complexity index is 521. The molecular weight excluding hydrogens is 274 g/mol. The van der Waals surface area contributed by atoms with Crippen molar-refractivity contribution < 1.29 is 24.2 Å². The average molecular weight is 293 g/mol. The van der Waals surface area contributed by atoms with Crippen molar-refractivity contribution in [1.82, 2.24) is 0 Å². The number of rotatable bonds is 5. The zero-order chi connectivity index (χ0) is 15.4. The summed E-state index contributed by atoms with van der Waals surface area (Å²) in [7, 11) is 3.05. The summed E-state index contributed by atoms with van der Waals surface area (Å²) in [6.45, 7) is 0. The standard InChI is InChI=1S/C15H19NO5/c1-20-10-6-9(7-11(8-10)21-2)16-14(17)12-4-3-5-13(12)15(18)19/h6-8,12-13H,3-5H2,1-2H3,(H,16,17)(H,18,19). The van der Waals surface area contributed by atoms with Crippen LogP contribution in [0, 0.1) is 11.8 Å². The fraction of sp³-hybridized carbons (Fsp3) is 0.467. The summed E-state index contributed by atoms with van der Waals surface area (Å²) in [5, 5.41) is 11.9. The van der Waals surface area contributed by atoms with Crippen LogP contribution in [0.5, 0.6) is 11.5 Å². The lowest BCUT2D eigenvalue weighted by molar-refractivity contribution is -0.145. The third-order valence-electron chi connectivity index (χ3n) is 3.79. The maximum Gasteiger partial charge on any atom is 0.307 e. The van der Waals surface area contributed by atoms with E-state index < -0.39 is 17.8 Å². The Morgan fingerprint density at radius 1 is 1.10 bits per heavy atom. The van der Waals surface area contributed by atoms with E-state index in [0.29, 0.717) is 30.0 Å². The highest BCUT2D eigenvalue weighted by Gasteiger charge is 2.37. The van der Waals surface area contributed by atoms with Gasteiger partial charge in [0.05, 0.1) is 26.1 Å². The van der Waals surface area contributed by atoms with Crippen molar-refractivity contribution in [2.45, 2.75) is 19.3 Å². The molecule has 6 nitrogen and oxygen atoms in total. The number of benzene rings is 1. The summed E-state index contributed by atoms with van der Waals surface area (Å²) >= 11 is 0. The number of methoxy groups -OCH3 is 2. The van der Waals surface area contributed by atoms with Crippen LogP contribution in [0.1, 0.15) is 19.3 Å². The molecule has 1 saturated carbocycles. The van der Waals surface area contributed by atoms with Crippen LogP contribution >= 0.6 is 0 Å². The Morgan fingerprint density at radius 2 is 1.67 bits per heavy atom. The molecule has 0 saturated heterocycles. The molecule has 21 heavy (non-hydrogen) atoms. The molecule has 6 heteroatoms. The molecule has 2 atom stereocenters. The van der Waals surface area contributed by atoms with E-state index in [2.05, 4.69) is 5.32 Å². The molecule has 1 fully saturated rings. The van der Waals surface area contributed by atoms with Gasteiger partial charge < -0.3 is 19.9 Å². The molecule has 1 aromatic rings. The first-order valence-corrected chi connectivity index (χ1v) is 6.82. The molecule has 1 aliphatic carbocycles. The summed E-state index contributed by atoms with van der Waals surface area (Å²) in [5.74, 6) is -1.14. The van der Waals surface area contributed by atoms with Crippen LogP contribution in [0.25, 0.3) is 0 Å². The molecule has 0 spiro atoms. The molecule has 2 N–H and O–H groups in total. The van der Waals surface area contributed by atoms with Gasteiger partial charge in [-0.3, -0.25) is 9.59 Å². The molecule has 1 amide bonds. The number of carbonyl (C=O) groups excluding carboxylic acids is 1. The summed E-state index contributed by atoms with van der Waals surface area (Å²) in [5.41, 5.74) is 0.534. The van der Waals surface area contributed by atoms with Crippen LogP contribution in [0.2, 0.25) is 0 Å². The maximum atomic E-state index is 12.3. The Labute approximate surface area is 123 Å². The number of nitrogens with one attached hydrogen (secondary N) is 1. The summed E-state index contributed by atoms with van der Waals surface area (Å²) in [4.78, 5) is 23.4. The predicted octanol–water partition coefficient (Wildman–Crippen LogP) is 2.14. The lowest BCUT2D eigenvalue weighted by Gasteiger charge is -2.16. The van der Waals surface area contributed by atoms with E-state index in [9.17, 15) is 9.59 Å². The van der Waals surface area contributed by atoms with Crippen molar-refractivity contribution in [1.29, 1.82) is 0 Å². The summed E-state index contributed by atoms with van der Waals surface area (Å²) in [6, 6.07) is 5.04. The van der Waals surface area contributed by atoms with E-state index in [-0.39, 0.29) is 5.91 Å². The number of hydrogen-bond donors (Lipinski definition) is 2. The number of amides is 1. The van der Waals surface area contributed by atoms with Crippen LogP contribution in [-0.4, -0.2) is 31.2 Å². The normalized spacial score (nSPS) is 20.9. The van der Waals surface area contributed by atoms with Gasteiger partial charge in [0.25, 0.3) is 0 Å². The van der Waals surface area contributed by atoms with Gasteiger partial charge in [-0.05, 0) is 12.8 Å². The van der Waals surface area contributed by atoms with Gasteiger partial charge in [0.15, 0.2) is 0 Å². The van der Waals surface area contributed by atoms with Gasteiger partial charge in [-0.2, -0.15) is 0 Å². The highest BCUT2D eigenvalue weighted by Crippen LogP contribution is 2.33. The van der Waals surface area contributed by atoms with Gasteiger partial charge in [-0.25, -0.2) is 0 Å². The van der Waals surface area contributed by atoms with Crippen LogP contribution < -0.4 is 14.8 Å². The highest BCUT2D eigenvalue weighted by atomic mass is 16.5. The zero-order valence-corrected chi connectivity index (χ0v) is 12.1. The Morgan fingerprint density at radius 3 is 2.19 bits per heavy atom. The first-order chi connectivity index (χ1) is 10.0. The Balaban J connectivity index is 2.14. The summed E-state index contributed by atoms with van der Waals surface area (Å²) in [6.07, 6.45) is 1.91. The minimum absolute atomic E-state index is 0.268. The minimum atomic E-state index is -0.907. The molecule has 0 aliphatic heterocycles. The van der Waals surface area contributed by atoms with Gasteiger partial charge in [-0.1, -0.05) is 6.42 Å². The second kappa shape index (κ2) is 6.47. The Kier molecular flexibility index (Phi) is 4.67. The SMILES string of the molecule is COc1cc(NC(=O)C2CCCC2C(=O)O)cc(OC)c1. The van der Waals surface area contributed by atoms with Crippen molar-refractivity contribution in [2.24, 2.45) is 11.8 Å². The number of hydrogen-bond acceptors (Lipinski definition) is 4. The molecule has 0 aromatic heterocycles. The fourth-order valence-corrected chi connectivity index (χ4v) is 2.68. The van der Waals surface area contributed by atoms with E-state index in [4.69, 9.17) is 14.6 Å². The predicted molar refractivity (Wildman–Crippen MR) is 76.6 cm³/mol. The van der Waals surface area contributed by atoms with Gasteiger partial charge >= 0.3 is 5.97 Å². The first kappa shape index (κ1) is 15.2. The summed E-state index contributed by atoms with van der Waals surface area (Å²) < 4.78 is 10.3. The monoisotopic (exact) mass is 293 g/mol. The second-order valence-corrected chi connectivity index (χ2v) is 5.07. The molecule has 2 rings (SSSR count).